The topological polar surface area (TPSA) is 69.6 Å². The molecule has 0 spiro atoms. The molecule has 5 heteroatoms. The van der Waals surface area contributed by atoms with Crippen molar-refractivity contribution in [2.24, 2.45) is 5.92 Å². The van der Waals surface area contributed by atoms with Crippen molar-refractivity contribution in [3.63, 3.8) is 0 Å². The fourth-order valence-electron chi connectivity index (χ4n) is 2.68. The molecule has 22 heavy (non-hydrogen) atoms. The van der Waals surface area contributed by atoms with Crippen LogP contribution in [-0.2, 0) is 4.79 Å². The number of carbonyl (C=O) groups is 2. The minimum absolute atomic E-state index is 0.00968. The predicted molar refractivity (Wildman–Crippen MR) is 84.6 cm³/mol. The maximum absolute atomic E-state index is 12.1. The average Bonchev–Trinajstić information content (AvgIpc) is 2.47. The van der Waals surface area contributed by atoms with Crippen LogP contribution in [-0.4, -0.2) is 41.0 Å². The van der Waals surface area contributed by atoms with Gasteiger partial charge in [-0.15, -0.1) is 0 Å². The SMILES string of the molecule is CC(C)CC(=O)N1CCC(NC(=O)c2ccccc2O)CC1. The first-order chi connectivity index (χ1) is 10.5. The van der Waals surface area contributed by atoms with Crippen LogP contribution >= 0.6 is 0 Å². The maximum Gasteiger partial charge on any atom is 0.255 e. The number of hydrogen-bond donors (Lipinski definition) is 2. The first-order valence-electron chi connectivity index (χ1n) is 7.84. The van der Waals surface area contributed by atoms with Crippen molar-refractivity contribution >= 4 is 11.8 Å². The Hall–Kier alpha value is -2.04. The van der Waals surface area contributed by atoms with Gasteiger partial charge in [0.1, 0.15) is 5.75 Å². The Kier molecular flexibility index (Phi) is 5.41. The summed E-state index contributed by atoms with van der Waals surface area (Å²) in [6, 6.07) is 6.57. The van der Waals surface area contributed by atoms with Crippen molar-refractivity contribution in [1.29, 1.82) is 0 Å². The van der Waals surface area contributed by atoms with Gasteiger partial charge in [0, 0.05) is 25.6 Å². The summed E-state index contributed by atoms with van der Waals surface area (Å²) in [6.45, 7) is 5.43. The molecule has 0 aliphatic carbocycles. The van der Waals surface area contributed by atoms with Crippen LogP contribution in [0.3, 0.4) is 0 Å². The van der Waals surface area contributed by atoms with E-state index in [0.717, 1.165) is 12.8 Å². The Labute approximate surface area is 131 Å². The van der Waals surface area contributed by atoms with Crippen LogP contribution in [0.25, 0.3) is 0 Å². The minimum atomic E-state index is -0.259. The number of piperidine rings is 1. The van der Waals surface area contributed by atoms with Gasteiger partial charge in [0.15, 0.2) is 0 Å². The third kappa shape index (κ3) is 4.23. The van der Waals surface area contributed by atoms with E-state index < -0.39 is 0 Å². The number of phenols is 1. The Balaban J connectivity index is 1.84. The standard InChI is InChI=1S/C17H24N2O3/c1-12(2)11-16(21)19-9-7-13(8-10-19)18-17(22)14-5-3-4-6-15(14)20/h3-6,12-13,20H,7-11H2,1-2H3,(H,18,22). The number of likely N-dealkylation sites (tertiary alicyclic amines) is 1. The Morgan fingerprint density at radius 2 is 1.91 bits per heavy atom. The van der Waals surface area contributed by atoms with Gasteiger partial charge >= 0.3 is 0 Å². The monoisotopic (exact) mass is 304 g/mol. The van der Waals surface area contributed by atoms with Crippen molar-refractivity contribution in [1.82, 2.24) is 10.2 Å². The molecule has 2 N–H and O–H groups in total. The molecule has 2 rings (SSSR count). The lowest BCUT2D eigenvalue weighted by molar-refractivity contribution is -0.133. The number of benzene rings is 1. The van der Waals surface area contributed by atoms with E-state index in [9.17, 15) is 14.7 Å². The van der Waals surface area contributed by atoms with Gasteiger partial charge < -0.3 is 15.3 Å². The van der Waals surface area contributed by atoms with Gasteiger partial charge in [0.25, 0.3) is 5.91 Å². The summed E-state index contributed by atoms with van der Waals surface area (Å²) < 4.78 is 0. The molecular weight excluding hydrogens is 280 g/mol. The number of phenolic OH excluding ortho intramolecular Hbond substituents is 1. The highest BCUT2D eigenvalue weighted by Crippen LogP contribution is 2.18. The van der Waals surface area contributed by atoms with E-state index in [1.807, 2.05) is 18.7 Å². The summed E-state index contributed by atoms with van der Waals surface area (Å²) >= 11 is 0. The molecule has 1 aliphatic rings. The molecule has 5 nitrogen and oxygen atoms in total. The number of para-hydroxylation sites is 1. The number of amides is 2. The van der Waals surface area contributed by atoms with Gasteiger partial charge in [0.2, 0.25) is 5.91 Å². The quantitative estimate of drug-likeness (QED) is 0.895. The maximum atomic E-state index is 12.1. The highest BCUT2D eigenvalue weighted by Gasteiger charge is 2.24. The fourth-order valence-corrected chi connectivity index (χ4v) is 2.68. The molecule has 120 valence electrons. The van der Waals surface area contributed by atoms with E-state index in [0.29, 0.717) is 31.0 Å². The molecule has 2 amide bonds. The number of nitrogens with one attached hydrogen (secondary N) is 1. The van der Waals surface area contributed by atoms with Crippen LogP contribution in [0.1, 0.15) is 43.5 Å². The van der Waals surface area contributed by atoms with E-state index in [-0.39, 0.29) is 23.6 Å². The zero-order valence-corrected chi connectivity index (χ0v) is 13.2. The number of carbonyl (C=O) groups excluding carboxylic acids is 2. The van der Waals surface area contributed by atoms with Gasteiger partial charge in [0.05, 0.1) is 5.56 Å². The molecular formula is C17H24N2O3. The van der Waals surface area contributed by atoms with Crippen LogP contribution < -0.4 is 5.32 Å². The second kappa shape index (κ2) is 7.29. The summed E-state index contributed by atoms with van der Waals surface area (Å²) in [7, 11) is 0. The number of rotatable bonds is 4. The van der Waals surface area contributed by atoms with Crippen molar-refractivity contribution in [3.05, 3.63) is 29.8 Å². The van der Waals surface area contributed by atoms with Gasteiger partial charge in [-0.3, -0.25) is 9.59 Å². The normalized spacial score (nSPS) is 15.9. The molecule has 0 aromatic heterocycles. The van der Waals surface area contributed by atoms with Crippen LogP contribution in [0, 0.1) is 5.92 Å². The lowest BCUT2D eigenvalue weighted by Gasteiger charge is -2.33. The summed E-state index contributed by atoms with van der Waals surface area (Å²) in [6.07, 6.45) is 2.08. The first-order valence-corrected chi connectivity index (χ1v) is 7.84. The second-order valence-corrected chi connectivity index (χ2v) is 6.24. The largest absolute Gasteiger partial charge is 0.507 e. The second-order valence-electron chi connectivity index (χ2n) is 6.24. The molecule has 1 heterocycles. The van der Waals surface area contributed by atoms with E-state index >= 15 is 0 Å². The Morgan fingerprint density at radius 1 is 1.27 bits per heavy atom. The van der Waals surface area contributed by atoms with Crippen LogP contribution in [0.5, 0.6) is 5.75 Å². The Morgan fingerprint density at radius 3 is 2.50 bits per heavy atom. The zero-order valence-electron chi connectivity index (χ0n) is 13.2. The van der Waals surface area contributed by atoms with Gasteiger partial charge in [-0.05, 0) is 30.9 Å². The van der Waals surface area contributed by atoms with Crippen LogP contribution in [0.4, 0.5) is 0 Å². The summed E-state index contributed by atoms with van der Waals surface area (Å²) in [5, 5.41) is 12.6. The zero-order chi connectivity index (χ0) is 16.1. The minimum Gasteiger partial charge on any atom is -0.507 e. The molecule has 1 saturated heterocycles. The Bertz CT molecular complexity index is 534. The van der Waals surface area contributed by atoms with Crippen molar-refractivity contribution < 1.29 is 14.7 Å². The summed E-state index contributed by atoms with van der Waals surface area (Å²) in [5.74, 6) is 0.293. The highest BCUT2D eigenvalue weighted by molar-refractivity contribution is 5.96. The van der Waals surface area contributed by atoms with E-state index in [1.54, 1.807) is 18.2 Å². The molecule has 1 aromatic carbocycles. The van der Waals surface area contributed by atoms with Crippen molar-refractivity contribution in [2.45, 2.75) is 39.2 Å². The van der Waals surface area contributed by atoms with Gasteiger partial charge in [-0.2, -0.15) is 0 Å². The fraction of sp³-hybridized carbons (Fsp3) is 0.529. The van der Waals surface area contributed by atoms with Crippen molar-refractivity contribution in [2.75, 3.05) is 13.1 Å². The average molecular weight is 304 g/mol. The molecule has 0 bridgehead atoms. The molecule has 1 aromatic rings. The molecule has 1 aliphatic heterocycles. The molecule has 0 radical (unpaired) electrons. The summed E-state index contributed by atoms with van der Waals surface area (Å²) in [5.41, 5.74) is 0.292. The molecule has 1 fully saturated rings. The first kappa shape index (κ1) is 16.3. The number of nitrogens with zero attached hydrogens (tertiary/aromatic N) is 1. The predicted octanol–water partition coefficient (Wildman–Crippen LogP) is 2.16. The van der Waals surface area contributed by atoms with Gasteiger partial charge in [-0.25, -0.2) is 0 Å². The molecule has 0 unspecified atom stereocenters. The summed E-state index contributed by atoms with van der Waals surface area (Å²) in [4.78, 5) is 26.0. The van der Waals surface area contributed by atoms with E-state index in [4.69, 9.17) is 0 Å². The van der Waals surface area contributed by atoms with Gasteiger partial charge in [-0.1, -0.05) is 26.0 Å². The lowest BCUT2D eigenvalue weighted by Crippen LogP contribution is -2.46. The molecule has 0 atom stereocenters. The van der Waals surface area contributed by atoms with E-state index in [1.165, 1.54) is 6.07 Å². The number of aromatic hydroxyl groups is 1. The highest BCUT2D eigenvalue weighted by atomic mass is 16.3. The van der Waals surface area contributed by atoms with Crippen molar-refractivity contribution in [3.8, 4) is 5.75 Å². The van der Waals surface area contributed by atoms with E-state index in [2.05, 4.69) is 5.32 Å². The van der Waals surface area contributed by atoms with Crippen LogP contribution in [0.15, 0.2) is 24.3 Å². The third-order valence-corrected chi connectivity index (χ3v) is 3.91. The molecule has 0 saturated carbocycles. The lowest BCUT2D eigenvalue weighted by atomic mass is 10.0. The third-order valence-electron chi connectivity index (χ3n) is 3.91. The number of hydrogen-bond acceptors (Lipinski definition) is 3. The smallest absolute Gasteiger partial charge is 0.255 e. The van der Waals surface area contributed by atoms with Crippen LogP contribution in [0.2, 0.25) is 0 Å².